The monoisotopic (exact) mass is 436 g/mol. The summed E-state index contributed by atoms with van der Waals surface area (Å²) >= 11 is 0. The summed E-state index contributed by atoms with van der Waals surface area (Å²) in [6, 6.07) is 16.1. The molecule has 32 heavy (non-hydrogen) atoms. The Kier molecular flexibility index (Phi) is 6.17. The molecule has 2 amide bonds. The van der Waals surface area contributed by atoms with Gasteiger partial charge in [0.1, 0.15) is 6.61 Å². The minimum atomic E-state index is -0.858. The van der Waals surface area contributed by atoms with E-state index in [9.17, 15) is 14.4 Å². The van der Waals surface area contributed by atoms with E-state index in [-0.39, 0.29) is 37.4 Å². The number of carbonyl (C=O) groups is 3. The van der Waals surface area contributed by atoms with Crippen LogP contribution in [0.25, 0.3) is 11.1 Å². The van der Waals surface area contributed by atoms with E-state index in [2.05, 4.69) is 34.9 Å². The van der Waals surface area contributed by atoms with Gasteiger partial charge in [0, 0.05) is 24.9 Å². The summed E-state index contributed by atoms with van der Waals surface area (Å²) < 4.78 is 5.53. The number of ether oxygens (including phenoxy) is 1. The van der Waals surface area contributed by atoms with Gasteiger partial charge >= 0.3 is 12.1 Å². The molecular weight excluding hydrogens is 408 g/mol. The quantitative estimate of drug-likeness (QED) is 0.556. The zero-order valence-electron chi connectivity index (χ0n) is 18.1. The van der Waals surface area contributed by atoms with E-state index >= 15 is 0 Å². The summed E-state index contributed by atoms with van der Waals surface area (Å²) in [5.41, 5.74) is 3.88. The van der Waals surface area contributed by atoms with Crippen LogP contribution in [0.15, 0.2) is 48.5 Å². The molecule has 2 aliphatic carbocycles. The summed E-state index contributed by atoms with van der Waals surface area (Å²) in [6.45, 7) is 2.22. The van der Waals surface area contributed by atoms with Gasteiger partial charge in [0.25, 0.3) is 0 Å². The third-order valence-corrected chi connectivity index (χ3v) is 6.44. The normalized spacial score (nSPS) is 16.4. The first-order chi connectivity index (χ1) is 15.4. The van der Waals surface area contributed by atoms with Gasteiger partial charge in [0.05, 0.1) is 5.41 Å². The molecule has 3 N–H and O–H groups in total. The lowest BCUT2D eigenvalue weighted by Crippen LogP contribution is -2.37. The first-order valence-electron chi connectivity index (χ1n) is 11.0. The van der Waals surface area contributed by atoms with Crippen LogP contribution in [0.1, 0.15) is 49.7 Å². The predicted octanol–water partition coefficient (Wildman–Crippen LogP) is 3.67. The van der Waals surface area contributed by atoms with Crippen molar-refractivity contribution in [3.05, 3.63) is 59.7 Å². The van der Waals surface area contributed by atoms with Crippen molar-refractivity contribution < 1.29 is 24.2 Å². The zero-order valence-corrected chi connectivity index (χ0v) is 18.1. The van der Waals surface area contributed by atoms with Crippen molar-refractivity contribution in [1.29, 1.82) is 0 Å². The fraction of sp³-hybridized carbons (Fsp3) is 0.400. The van der Waals surface area contributed by atoms with Crippen molar-refractivity contribution in [3.63, 3.8) is 0 Å². The number of carboxylic acid groups (broad SMARTS) is 1. The van der Waals surface area contributed by atoms with Crippen molar-refractivity contribution in [1.82, 2.24) is 10.6 Å². The van der Waals surface area contributed by atoms with E-state index in [4.69, 9.17) is 9.84 Å². The number of nitrogens with one attached hydrogen (secondary N) is 2. The Balaban J connectivity index is 1.22. The van der Waals surface area contributed by atoms with Crippen molar-refractivity contribution in [2.24, 2.45) is 5.41 Å². The standard InChI is InChI=1S/C25H28N2O5/c1-16(10-11-22(28)26-15-25(12-13-25)23(29)30)27-24(31)32-14-21-19-8-4-2-6-17(19)18-7-3-5-9-20(18)21/h2-9,16,21H,10-15H2,1H3,(H,26,28)(H,27,31)(H,29,30). The first kappa shape index (κ1) is 21.9. The maximum absolute atomic E-state index is 12.3. The molecule has 0 radical (unpaired) electrons. The summed E-state index contributed by atoms with van der Waals surface area (Å²) in [6.07, 6.45) is 1.34. The fourth-order valence-corrected chi connectivity index (χ4v) is 4.23. The summed E-state index contributed by atoms with van der Waals surface area (Å²) in [7, 11) is 0. The highest BCUT2D eigenvalue weighted by Crippen LogP contribution is 2.45. The third-order valence-electron chi connectivity index (χ3n) is 6.44. The highest BCUT2D eigenvalue weighted by atomic mass is 16.5. The Hall–Kier alpha value is -3.35. The Labute approximate surface area is 187 Å². The second kappa shape index (κ2) is 9.02. The van der Waals surface area contributed by atoms with Crippen LogP contribution >= 0.6 is 0 Å². The van der Waals surface area contributed by atoms with Gasteiger partial charge < -0.3 is 20.5 Å². The molecule has 2 aromatic rings. The van der Waals surface area contributed by atoms with Crippen LogP contribution < -0.4 is 10.6 Å². The molecule has 0 spiro atoms. The van der Waals surface area contributed by atoms with Gasteiger partial charge in [-0.25, -0.2) is 4.79 Å². The van der Waals surface area contributed by atoms with Crippen LogP contribution in [-0.4, -0.2) is 42.3 Å². The zero-order chi connectivity index (χ0) is 22.7. The molecular formula is C25H28N2O5. The largest absolute Gasteiger partial charge is 0.481 e. The van der Waals surface area contributed by atoms with Crippen molar-refractivity contribution in [2.75, 3.05) is 13.2 Å². The number of alkyl carbamates (subject to hydrolysis) is 1. The minimum Gasteiger partial charge on any atom is -0.481 e. The predicted molar refractivity (Wildman–Crippen MR) is 119 cm³/mol. The summed E-state index contributed by atoms with van der Waals surface area (Å²) in [4.78, 5) is 35.5. The molecule has 7 nitrogen and oxygen atoms in total. The maximum Gasteiger partial charge on any atom is 0.407 e. The van der Waals surface area contributed by atoms with Gasteiger partial charge in [-0.2, -0.15) is 0 Å². The van der Waals surface area contributed by atoms with E-state index in [0.29, 0.717) is 19.3 Å². The molecule has 1 unspecified atom stereocenters. The van der Waals surface area contributed by atoms with Gasteiger partial charge in [-0.1, -0.05) is 48.5 Å². The second-order valence-electron chi connectivity index (χ2n) is 8.77. The molecule has 0 saturated heterocycles. The molecule has 2 aromatic carbocycles. The molecule has 168 valence electrons. The average molecular weight is 437 g/mol. The van der Waals surface area contributed by atoms with Gasteiger partial charge in [0.2, 0.25) is 5.91 Å². The van der Waals surface area contributed by atoms with Crippen LogP contribution in [0.5, 0.6) is 0 Å². The maximum atomic E-state index is 12.3. The number of fused-ring (bicyclic) bond motifs is 3. The molecule has 1 saturated carbocycles. The number of carboxylic acids is 1. The Morgan fingerprint density at radius 1 is 1.06 bits per heavy atom. The summed E-state index contributed by atoms with van der Waals surface area (Å²) in [5, 5.41) is 14.6. The van der Waals surface area contributed by atoms with Crippen molar-refractivity contribution in [3.8, 4) is 11.1 Å². The Morgan fingerprint density at radius 2 is 1.66 bits per heavy atom. The average Bonchev–Trinajstić information content (AvgIpc) is 3.52. The van der Waals surface area contributed by atoms with Gasteiger partial charge in [-0.05, 0) is 48.4 Å². The Bertz CT molecular complexity index is 985. The molecule has 7 heteroatoms. The number of carbonyl (C=O) groups excluding carboxylic acids is 2. The lowest BCUT2D eigenvalue weighted by atomic mass is 9.98. The van der Waals surface area contributed by atoms with E-state index in [1.54, 1.807) is 0 Å². The number of rotatable bonds is 9. The van der Waals surface area contributed by atoms with Crippen LogP contribution in [0.4, 0.5) is 4.79 Å². The summed E-state index contributed by atoms with van der Waals surface area (Å²) in [5.74, 6) is -1.07. The third kappa shape index (κ3) is 4.61. The topological polar surface area (TPSA) is 105 Å². The van der Waals surface area contributed by atoms with Gasteiger partial charge in [-0.3, -0.25) is 9.59 Å². The van der Waals surface area contributed by atoms with Crippen LogP contribution in [0.2, 0.25) is 0 Å². The van der Waals surface area contributed by atoms with Gasteiger partial charge in [-0.15, -0.1) is 0 Å². The molecule has 1 atom stereocenters. The second-order valence-corrected chi connectivity index (χ2v) is 8.77. The van der Waals surface area contributed by atoms with Crippen LogP contribution in [-0.2, 0) is 14.3 Å². The first-order valence-corrected chi connectivity index (χ1v) is 11.0. The van der Waals surface area contributed by atoms with E-state index in [1.165, 1.54) is 11.1 Å². The van der Waals surface area contributed by atoms with Crippen molar-refractivity contribution in [2.45, 2.75) is 44.6 Å². The minimum absolute atomic E-state index is 0.00165. The molecule has 1 fully saturated rings. The lowest BCUT2D eigenvalue weighted by Gasteiger charge is -2.17. The van der Waals surface area contributed by atoms with E-state index < -0.39 is 17.5 Å². The SMILES string of the molecule is CC(CCC(=O)NCC1(C(=O)O)CC1)NC(=O)OCC1c2ccccc2-c2ccccc21. The molecule has 0 heterocycles. The van der Waals surface area contributed by atoms with Crippen LogP contribution in [0, 0.1) is 5.41 Å². The molecule has 2 aliphatic rings. The molecule has 0 aromatic heterocycles. The lowest BCUT2D eigenvalue weighted by molar-refractivity contribution is -0.143. The number of amides is 2. The molecule has 0 aliphatic heterocycles. The smallest absolute Gasteiger partial charge is 0.407 e. The van der Waals surface area contributed by atoms with Crippen molar-refractivity contribution >= 4 is 18.0 Å². The molecule has 4 rings (SSSR count). The fourth-order valence-electron chi connectivity index (χ4n) is 4.23. The highest BCUT2D eigenvalue weighted by Gasteiger charge is 2.50. The number of aliphatic carboxylic acids is 1. The number of benzene rings is 2. The highest BCUT2D eigenvalue weighted by molar-refractivity contribution is 5.81. The van der Waals surface area contributed by atoms with E-state index in [0.717, 1.165) is 11.1 Å². The Morgan fingerprint density at radius 3 is 2.22 bits per heavy atom. The molecule has 0 bridgehead atoms. The van der Waals surface area contributed by atoms with Gasteiger partial charge in [0.15, 0.2) is 0 Å². The van der Waals surface area contributed by atoms with Crippen LogP contribution in [0.3, 0.4) is 0 Å². The number of hydrogen-bond acceptors (Lipinski definition) is 4. The van der Waals surface area contributed by atoms with E-state index in [1.807, 2.05) is 31.2 Å². The number of hydrogen-bond donors (Lipinski definition) is 3.